The summed E-state index contributed by atoms with van der Waals surface area (Å²) in [6, 6.07) is 9.85. The molecule has 2 aromatic heterocycles. The fraction of sp³-hybridized carbons (Fsp3) is 0.278. The molecule has 24 heavy (non-hydrogen) atoms. The maximum Gasteiger partial charge on any atom is 0.306 e. The van der Waals surface area contributed by atoms with E-state index in [1.807, 2.05) is 13.8 Å². The first-order valence-corrected chi connectivity index (χ1v) is 7.67. The van der Waals surface area contributed by atoms with Crippen LogP contribution in [-0.4, -0.2) is 20.6 Å². The summed E-state index contributed by atoms with van der Waals surface area (Å²) in [6.45, 7) is 3.69. The summed E-state index contributed by atoms with van der Waals surface area (Å²) in [7, 11) is 0. The van der Waals surface area contributed by atoms with Gasteiger partial charge in [-0.05, 0) is 25.5 Å². The monoisotopic (exact) mass is 330 g/mol. The summed E-state index contributed by atoms with van der Waals surface area (Å²) in [6.07, 6.45) is -1.58. The van der Waals surface area contributed by atoms with Crippen LogP contribution >= 0.6 is 0 Å². The molecule has 4 nitrogen and oxygen atoms in total. The molecule has 0 saturated heterocycles. The second-order valence-electron chi connectivity index (χ2n) is 6.05. The van der Waals surface area contributed by atoms with Crippen LogP contribution in [0.25, 0.3) is 5.65 Å². The van der Waals surface area contributed by atoms with Crippen LogP contribution < -0.4 is 4.74 Å². The van der Waals surface area contributed by atoms with Crippen LogP contribution in [0.1, 0.15) is 28.6 Å². The number of rotatable bonds is 1. The van der Waals surface area contributed by atoms with Crippen molar-refractivity contribution in [1.29, 1.82) is 0 Å². The van der Waals surface area contributed by atoms with Crippen molar-refractivity contribution >= 4 is 5.65 Å². The van der Waals surface area contributed by atoms with Crippen LogP contribution in [0.3, 0.4) is 0 Å². The number of aliphatic hydroxyl groups is 1. The van der Waals surface area contributed by atoms with Gasteiger partial charge in [-0.1, -0.05) is 30.3 Å². The van der Waals surface area contributed by atoms with Gasteiger partial charge in [-0.15, -0.1) is 0 Å². The van der Waals surface area contributed by atoms with Gasteiger partial charge in [0.2, 0.25) is 0 Å². The minimum Gasteiger partial charge on any atom is -0.478 e. The van der Waals surface area contributed by atoms with E-state index in [-0.39, 0.29) is 11.3 Å². The van der Waals surface area contributed by atoms with Gasteiger partial charge in [0.1, 0.15) is 0 Å². The quantitative estimate of drug-likeness (QED) is 0.742. The SMILES string of the molecule is Cc1nc2c3c(ccn2c1C)C(F)(F)[C@H](O)[C@@H](c1ccccc1)O3. The van der Waals surface area contributed by atoms with Crippen molar-refractivity contribution in [3.63, 3.8) is 0 Å². The van der Waals surface area contributed by atoms with E-state index in [9.17, 15) is 13.9 Å². The van der Waals surface area contributed by atoms with E-state index < -0.39 is 18.1 Å². The van der Waals surface area contributed by atoms with Crippen LogP contribution in [0.2, 0.25) is 0 Å². The fourth-order valence-electron chi connectivity index (χ4n) is 3.13. The molecule has 0 amide bonds. The first-order chi connectivity index (χ1) is 11.4. The Morgan fingerprint density at radius 1 is 1.17 bits per heavy atom. The van der Waals surface area contributed by atoms with E-state index in [4.69, 9.17) is 4.74 Å². The molecule has 1 N–H and O–H groups in total. The van der Waals surface area contributed by atoms with Crippen LogP contribution in [0.4, 0.5) is 8.78 Å². The Bertz CT molecular complexity index is 922. The number of fused-ring (bicyclic) bond motifs is 3. The van der Waals surface area contributed by atoms with Gasteiger partial charge in [0.15, 0.2) is 23.6 Å². The lowest BCUT2D eigenvalue weighted by Crippen LogP contribution is -2.42. The number of hydrogen-bond acceptors (Lipinski definition) is 3. The van der Waals surface area contributed by atoms with E-state index in [0.717, 1.165) is 11.4 Å². The molecule has 0 fully saturated rings. The van der Waals surface area contributed by atoms with Gasteiger partial charge in [-0.2, -0.15) is 8.78 Å². The van der Waals surface area contributed by atoms with Gasteiger partial charge in [-0.25, -0.2) is 4.98 Å². The molecule has 3 aromatic rings. The Morgan fingerprint density at radius 3 is 2.58 bits per heavy atom. The number of alkyl halides is 2. The largest absolute Gasteiger partial charge is 0.478 e. The van der Waals surface area contributed by atoms with Crippen molar-refractivity contribution < 1.29 is 18.6 Å². The van der Waals surface area contributed by atoms with Crippen molar-refractivity contribution in [1.82, 2.24) is 9.38 Å². The highest BCUT2D eigenvalue weighted by molar-refractivity contribution is 5.62. The Labute approximate surface area is 137 Å². The molecule has 124 valence electrons. The molecule has 1 aromatic carbocycles. The average molecular weight is 330 g/mol. The lowest BCUT2D eigenvalue weighted by molar-refractivity contribution is -0.169. The lowest BCUT2D eigenvalue weighted by Gasteiger charge is -2.36. The van der Waals surface area contributed by atoms with Gasteiger partial charge in [0, 0.05) is 11.9 Å². The van der Waals surface area contributed by atoms with Crippen LogP contribution in [0.5, 0.6) is 5.75 Å². The van der Waals surface area contributed by atoms with Crippen molar-refractivity contribution in [2.75, 3.05) is 0 Å². The molecule has 0 bridgehead atoms. The highest BCUT2D eigenvalue weighted by Gasteiger charge is 2.52. The van der Waals surface area contributed by atoms with E-state index in [1.54, 1.807) is 34.7 Å². The third kappa shape index (κ3) is 1.96. The maximum atomic E-state index is 14.8. The van der Waals surface area contributed by atoms with Crippen molar-refractivity contribution in [3.8, 4) is 5.75 Å². The molecule has 6 heteroatoms. The van der Waals surface area contributed by atoms with Crippen molar-refractivity contribution in [2.45, 2.75) is 32.0 Å². The number of aliphatic hydroxyl groups excluding tert-OH is 1. The number of pyridine rings is 1. The summed E-state index contributed by atoms with van der Waals surface area (Å²) in [4.78, 5) is 4.37. The first kappa shape index (κ1) is 15.1. The van der Waals surface area contributed by atoms with Gasteiger partial charge < -0.3 is 14.2 Å². The Kier molecular flexibility index (Phi) is 3.15. The van der Waals surface area contributed by atoms with Crippen LogP contribution in [0, 0.1) is 13.8 Å². The number of aryl methyl sites for hydroxylation is 2. The number of nitrogens with zero attached hydrogens (tertiary/aromatic N) is 2. The number of aromatic nitrogens is 2. The van der Waals surface area contributed by atoms with E-state index >= 15 is 0 Å². The second-order valence-corrected chi connectivity index (χ2v) is 6.05. The standard InChI is InChI=1S/C18H16F2N2O2/c1-10-11(2)22-9-8-13-15(17(22)21-10)24-14(16(23)18(13,19)20)12-6-4-3-5-7-12/h3-9,14,16,23H,1-2H3/t14-,16-/m1/s1. The van der Waals surface area contributed by atoms with Gasteiger partial charge in [0.05, 0.1) is 11.3 Å². The minimum absolute atomic E-state index is 0.0258. The maximum absolute atomic E-state index is 14.8. The molecule has 0 radical (unpaired) electrons. The summed E-state index contributed by atoms with van der Waals surface area (Å²) < 4.78 is 37.1. The molecule has 1 aliphatic heterocycles. The van der Waals surface area contributed by atoms with Crippen molar-refractivity contribution in [2.24, 2.45) is 0 Å². The molecule has 3 heterocycles. The highest BCUT2D eigenvalue weighted by Crippen LogP contribution is 2.49. The molecular formula is C18H16F2N2O2. The zero-order valence-corrected chi connectivity index (χ0v) is 13.2. The van der Waals surface area contributed by atoms with E-state index in [0.29, 0.717) is 11.2 Å². The normalized spacial score (nSPS) is 22.2. The Morgan fingerprint density at radius 2 is 1.88 bits per heavy atom. The lowest BCUT2D eigenvalue weighted by atomic mass is 9.92. The zero-order valence-electron chi connectivity index (χ0n) is 13.2. The summed E-state index contributed by atoms with van der Waals surface area (Å²) in [5.41, 5.74) is 2.12. The molecule has 0 unspecified atom stereocenters. The molecule has 1 aliphatic rings. The third-order valence-corrected chi connectivity index (χ3v) is 4.61. The van der Waals surface area contributed by atoms with Gasteiger partial charge in [-0.3, -0.25) is 0 Å². The van der Waals surface area contributed by atoms with Gasteiger partial charge in [0.25, 0.3) is 0 Å². The smallest absolute Gasteiger partial charge is 0.306 e. The molecule has 2 atom stereocenters. The van der Waals surface area contributed by atoms with Crippen molar-refractivity contribution in [3.05, 3.63) is 65.1 Å². The summed E-state index contributed by atoms with van der Waals surface area (Å²) in [5.74, 6) is -3.40. The molecule has 0 saturated carbocycles. The highest BCUT2D eigenvalue weighted by atomic mass is 19.3. The predicted octanol–water partition coefficient (Wildman–Crippen LogP) is 3.54. The number of halogens is 2. The molecule has 4 rings (SSSR count). The number of ether oxygens (including phenoxy) is 1. The van der Waals surface area contributed by atoms with Gasteiger partial charge >= 0.3 is 5.92 Å². The number of hydrogen-bond donors (Lipinski definition) is 1. The summed E-state index contributed by atoms with van der Waals surface area (Å²) >= 11 is 0. The molecule has 0 aliphatic carbocycles. The summed E-state index contributed by atoms with van der Waals surface area (Å²) in [5, 5.41) is 10.2. The van der Waals surface area contributed by atoms with Crippen LogP contribution in [-0.2, 0) is 5.92 Å². The third-order valence-electron chi connectivity index (χ3n) is 4.61. The average Bonchev–Trinajstić information content (AvgIpc) is 2.87. The topological polar surface area (TPSA) is 46.8 Å². The van der Waals surface area contributed by atoms with E-state index in [1.165, 1.54) is 12.3 Å². The first-order valence-electron chi connectivity index (χ1n) is 7.67. The minimum atomic E-state index is -3.43. The van der Waals surface area contributed by atoms with Crippen LogP contribution in [0.15, 0.2) is 42.6 Å². The molecule has 0 spiro atoms. The zero-order chi connectivity index (χ0) is 17.1. The Hall–Kier alpha value is -2.47. The number of imidazole rings is 1. The second kappa shape index (κ2) is 5.01. The predicted molar refractivity (Wildman–Crippen MR) is 84.4 cm³/mol. The fourth-order valence-corrected chi connectivity index (χ4v) is 3.13. The number of benzene rings is 1. The Balaban J connectivity index is 1.95. The van der Waals surface area contributed by atoms with E-state index in [2.05, 4.69) is 4.98 Å². The molecular weight excluding hydrogens is 314 g/mol.